The Kier molecular flexibility index (Phi) is 2.77. The Labute approximate surface area is 98.6 Å². The van der Waals surface area contributed by atoms with E-state index in [9.17, 15) is 4.79 Å². The SMILES string of the molecule is CN1CCC(C(=O)NC2(C(C)(C)C)CC2)C1. The lowest BCUT2D eigenvalue weighted by molar-refractivity contribution is -0.126. The Bertz CT molecular complexity index is 289. The number of hydrogen-bond donors (Lipinski definition) is 1. The van der Waals surface area contributed by atoms with Crippen LogP contribution in [0.15, 0.2) is 0 Å². The predicted octanol–water partition coefficient (Wildman–Crippen LogP) is 1.63. The summed E-state index contributed by atoms with van der Waals surface area (Å²) in [5.41, 5.74) is 0.276. The molecule has 0 aromatic heterocycles. The Morgan fingerprint density at radius 3 is 2.38 bits per heavy atom. The minimum absolute atomic E-state index is 0.0885. The van der Waals surface area contributed by atoms with Gasteiger partial charge >= 0.3 is 0 Å². The van der Waals surface area contributed by atoms with Crippen LogP contribution < -0.4 is 5.32 Å². The number of carbonyl (C=O) groups is 1. The van der Waals surface area contributed by atoms with Crippen molar-refractivity contribution in [1.82, 2.24) is 10.2 Å². The molecule has 0 radical (unpaired) electrons. The first-order valence-electron chi connectivity index (χ1n) is 6.35. The van der Waals surface area contributed by atoms with Gasteiger partial charge in [-0.25, -0.2) is 0 Å². The van der Waals surface area contributed by atoms with E-state index < -0.39 is 0 Å². The van der Waals surface area contributed by atoms with Gasteiger partial charge in [-0.2, -0.15) is 0 Å². The summed E-state index contributed by atoms with van der Waals surface area (Å²) in [5.74, 6) is 0.488. The zero-order valence-corrected chi connectivity index (χ0v) is 11.0. The molecule has 1 amide bonds. The summed E-state index contributed by atoms with van der Waals surface area (Å²) in [7, 11) is 2.09. The normalized spacial score (nSPS) is 29.1. The van der Waals surface area contributed by atoms with Gasteiger partial charge in [-0.05, 0) is 38.3 Å². The first-order chi connectivity index (χ1) is 7.34. The van der Waals surface area contributed by atoms with Crippen LogP contribution >= 0.6 is 0 Å². The Balaban J connectivity index is 1.93. The molecule has 0 spiro atoms. The monoisotopic (exact) mass is 224 g/mol. The van der Waals surface area contributed by atoms with Crippen molar-refractivity contribution in [2.75, 3.05) is 20.1 Å². The number of carbonyl (C=O) groups excluding carboxylic acids is 1. The molecule has 1 unspecified atom stereocenters. The molecule has 1 saturated heterocycles. The molecule has 0 aromatic rings. The van der Waals surface area contributed by atoms with Gasteiger partial charge in [0.15, 0.2) is 0 Å². The van der Waals surface area contributed by atoms with Crippen molar-refractivity contribution in [3.63, 3.8) is 0 Å². The van der Waals surface area contributed by atoms with Crippen molar-refractivity contribution in [1.29, 1.82) is 0 Å². The highest BCUT2D eigenvalue weighted by molar-refractivity contribution is 5.80. The molecule has 3 nitrogen and oxygen atoms in total. The molecule has 2 rings (SSSR count). The lowest BCUT2D eigenvalue weighted by Crippen LogP contribution is -2.48. The molecule has 1 aliphatic heterocycles. The van der Waals surface area contributed by atoms with Crippen molar-refractivity contribution in [3.8, 4) is 0 Å². The topological polar surface area (TPSA) is 32.3 Å². The van der Waals surface area contributed by atoms with Gasteiger partial charge in [0.25, 0.3) is 0 Å². The highest BCUT2D eigenvalue weighted by atomic mass is 16.2. The van der Waals surface area contributed by atoms with Gasteiger partial charge in [-0.15, -0.1) is 0 Å². The summed E-state index contributed by atoms with van der Waals surface area (Å²) >= 11 is 0. The second kappa shape index (κ2) is 3.73. The molecule has 0 bridgehead atoms. The first kappa shape index (κ1) is 11.9. The van der Waals surface area contributed by atoms with E-state index in [-0.39, 0.29) is 22.8 Å². The third-order valence-electron chi connectivity index (χ3n) is 4.31. The van der Waals surface area contributed by atoms with Crippen LogP contribution in [0.3, 0.4) is 0 Å². The van der Waals surface area contributed by atoms with Gasteiger partial charge < -0.3 is 10.2 Å². The lowest BCUT2D eigenvalue weighted by Gasteiger charge is -2.32. The Hall–Kier alpha value is -0.570. The molecule has 0 aromatic carbocycles. The van der Waals surface area contributed by atoms with Gasteiger partial charge in [-0.3, -0.25) is 4.79 Å². The Morgan fingerprint density at radius 1 is 1.38 bits per heavy atom. The molecule has 1 heterocycles. The van der Waals surface area contributed by atoms with Crippen LogP contribution in [0.2, 0.25) is 0 Å². The maximum atomic E-state index is 12.2. The molecular formula is C13H24N2O. The maximum absolute atomic E-state index is 12.2. The molecule has 16 heavy (non-hydrogen) atoms. The van der Waals surface area contributed by atoms with Crippen molar-refractivity contribution < 1.29 is 4.79 Å². The highest BCUT2D eigenvalue weighted by Crippen LogP contribution is 2.49. The van der Waals surface area contributed by atoms with Gasteiger partial charge in [-0.1, -0.05) is 20.8 Å². The van der Waals surface area contributed by atoms with Crippen LogP contribution in [0.5, 0.6) is 0 Å². The van der Waals surface area contributed by atoms with Crippen LogP contribution in [0.1, 0.15) is 40.0 Å². The van der Waals surface area contributed by atoms with Gasteiger partial charge in [0.05, 0.1) is 5.92 Å². The first-order valence-corrected chi connectivity index (χ1v) is 6.35. The third kappa shape index (κ3) is 2.10. The number of likely N-dealkylation sites (tertiary alicyclic amines) is 1. The van der Waals surface area contributed by atoms with E-state index >= 15 is 0 Å². The molecule has 1 N–H and O–H groups in total. The number of rotatable bonds is 2. The molecule has 2 aliphatic rings. The summed E-state index contributed by atoms with van der Waals surface area (Å²) in [6.45, 7) is 8.65. The summed E-state index contributed by atoms with van der Waals surface area (Å²) in [5, 5.41) is 3.30. The molecule has 92 valence electrons. The summed E-state index contributed by atoms with van der Waals surface area (Å²) in [6, 6.07) is 0. The number of hydrogen-bond acceptors (Lipinski definition) is 2. The molecule has 1 aliphatic carbocycles. The minimum atomic E-state index is 0.0885. The number of nitrogens with zero attached hydrogens (tertiary/aromatic N) is 1. The molecule has 1 atom stereocenters. The molecule has 2 fully saturated rings. The van der Waals surface area contributed by atoms with E-state index in [2.05, 4.69) is 38.0 Å². The van der Waals surface area contributed by atoms with Crippen LogP contribution in [0.4, 0.5) is 0 Å². The van der Waals surface area contributed by atoms with Crippen molar-refractivity contribution in [2.45, 2.75) is 45.6 Å². The van der Waals surface area contributed by atoms with E-state index in [1.54, 1.807) is 0 Å². The fourth-order valence-electron chi connectivity index (χ4n) is 2.67. The van der Waals surface area contributed by atoms with E-state index in [1.165, 1.54) is 0 Å². The van der Waals surface area contributed by atoms with Crippen LogP contribution in [-0.4, -0.2) is 36.5 Å². The van der Waals surface area contributed by atoms with Crippen molar-refractivity contribution in [2.24, 2.45) is 11.3 Å². The van der Waals surface area contributed by atoms with Crippen molar-refractivity contribution in [3.05, 3.63) is 0 Å². The largest absolute Gasteiger partial charge is 0.350 e. The minimum Gasteiger partial charge on any atom is -0.350 e. The average molecular weight is 224 g/mol. The maximum Gasteiger partial charge on any atom is 0.224 e. The van der Waals surface area contributed by atoms with Gasteiger partial charge in [0, 0.05) is 12.1 Å². The summed E-state index contributed by atoms with van der Waals surface area (Å²) < 4.78 is 0. The predicted molar refractivity (Wildman–Crippen MR) is 65.2 cm³/mol. The Morgan fingerprint density at radius 2 is 2.00 bits per heavy atom. The standard InChI is InChI=1S/C13H24N2O/c1-12(2,3)13(6-7-13)14-11(16)10-5-8-15(4)9-10/h10H,5-9H2,1-4H3,(H,14,16). The van der Waals surface area contributed by atoms with Crippen LogP contribution in [0, 0.1) is 11.3 Å². The second-order valence-electron chi connectivity index (χ2n) is 6.57. The quantitative estimate of drug-likeness (QED) is 0.773. The fraction of sp³-hybridized carbons (Fsp3) is 0.923. The smallest absolute Gasteiger partial charge is 0.224 e. The van der Waals surface area contributed by atoms with Crippen molar-refractivity contribution >= 4 is 5.91 Å². The van der Waals surface area contributed by atoms with Gasteiger partial charge in [0.1, 0.15) is 0 Å². The van der Waals surface area contributed by atoms with Crippen LogP contribution in [0.25, 0.3) is 0 Å². The zero-order chi connectivity index (χ0) is 12.0. The fourth-order valence-corrected chi connectivity index (χ4v) is 2.67. The van der Waals surface area contributed by atoms with Gasteiger partial charge in [0.2, 0.25) is 5.91 Å². The average Bonchev–Trinajstić information content (AvgIpc) is 2.81. The second-order valence-corrected chi connectivity index (χ2v) is 6.57. The highest BCUT2D eigenvalue weighted by Gasteiger charge is 2.53. The number of amides is 1. The number of nitrogens with one attached hydrogen (secondary N) is 1. The molecule has 3 heteroatoms. The third-order valence-corrected chi connectivity index (χ3v) is 4.31. The van der Waals surface area contributed by atoms with E-state index in [1.807, 2.05) is 0 Å². The molecule has 1 saturated carbocycles. The summed E-state index contributed by atoms with van der Waals surface area (Å²) in [6.07, 6.45) is 3.30. The van der Waals surface area contributed by atoms with E-state index in [0.717, 1.165) is 32.4 Å². The summed E-state index contributed by atoms with van der Waals surface area (Å²) in [4.78, 5) is 14.4. The van der Waals surface area contributed by atoms with Crippen LogP contribution in [-0.2, 0) is 4.79 Å². The lowest BCUT2D eigenvalue weighted by atomic mass is 9.83. The van der Waals surface area contributed by atoms with E-state index in [4.69, 9.17) is 0 Å². The van der Waals surface area contributed by atoms with E-state index in [0.29, 0.717) is 0 Å². The zero-order valence-electron chi connectivity index (χ0n) is 11.0. The molecular weight excluding hydrogens is 200 g/mol.